The van der Waals surface area contributed by atoms with E-state index < -0.39 is 0 Å². The average Bonchev–Trinajstić information content (AvgIpc) is 2.54. The molecule has 0 aromatic heterocycles. The van der Waals surface area contributed by atoms with Crippen LogP contribution in [0.4, 0.5) is 4.79 Å². The normalized spacial score (nSPS) is 21.2. The Morgan fingerprint density at radius 1 is 1.32 bits per heavy atom. The van der Waals surface area contributed by atoms with Crippen molar-refractivity contribution in [2.24, 2.45) is 5.92 Å². The molecule has 1 saturated heterocycles. The van der Waals surface area contributed by atoms with E-state index in [4.69, 9.17) is 9.47 Å². The Morgan fingerprint density at radius 3 is 2.77 bits per heavy atom. The summed E-state index contributed by atoms with van der Waals surface area (Å²) in [7, 11) is 1.65. The number of amides is 2. The predicted octanol–water partition coefficient (Wildman–Crippen LogP) is 2.35. The molecule has 5 heteroatoms. The number of benzene rings is 1. The minimum atomic E-state index is -0.0901. The molecule has 0 spiro atoms. The topological polar surface area (TPSA) is 59.6 Å². The quantitative estimate of drug-likeness (QED) is 0.848. The van der Waals surface area contributed by atoms with Crippen molar-refractivity contribution in [1.82, 2.24) is 10.6 Å². The summed E-state index contributed by atoms with van der Waals surface area (Å²) in [6.07, 6.45) is 3.16. The molecular weight excluding hydrogens is 280 g/mol. The van der Waals surface area contributed by atoms with Crippen LogP contribution in [0.25, 0.3) is 0 Å². The van der Waals surface area contributed by atoms with E-state index in [-0.39, 0.29) is 6.03 Å². The van der Waals surface area contributed by atoms with Gasteiger partial charge in [-0.3, -0.25) is 0 Å². The Labute approximate surface area is 132 Å². The van der Waals surface area contributed by atoms with E-state index in [1.807, 2.05) is 24.3 Å². The number of carbonyl (C=O) groups is 1. The molecule has 0 saturated carbocycles. The lowest BCUT2D eigenvalue weighted by atomic mass is 9.96. The van der Waals surface area contributed by atoms with Crippen molar-refractivity contribution in [2.75, 3.05) is 26.8 Å². The van der Waals surface area contributed by atoms with Crippen molar-refractivity contribution < 1.29 is 14.3 Å². The first-order chi connectivity index (χ1) is 10.7. The van der Waals surface area contributed by atoms with Gasteiger partial charge in [0.25, 0.3) is 0 Å². The molecule has 22 heavy (non-hydrogen) atoms. The molecular formula is C17H26N2O3. The van der Waals surface area contributed by atoms with Crippen LogP contribution in [0, 0.1) is 5.92 Å². The molecule has 122 valence electrons. The largest absolute Gasteiger partial charge is 0.497 e. The lowest BCUT2D eigenvalue weighted by molar-refractivity contribution is 0.00346. The zero-order valence-corrected chi connectivity index (χ0v) is 13.4. The highest BCUT2D eigenvalue weighted by molar-refractivity contribution is 5.73. The van der Waals surface area contributed by atoms with Gasteiger partial charge in [-0.15, -0.1) is 0 Å². The smallest absolute Gasteiger partial charge is 0.314 e. The third-order valence-electron chi connectivity index (χ3n) is 4.00. The second-order valence-electron chi connectivity index (χ2n) is 5.81. The van der Waals surface area contributed by atoms with Crippen molar-refractivity contribution >= 4 is 6.03 Å². The highest BCUT2D eigenvalue weighted by atomic mass is 16.5. The van der Waals surface area contributed by atoms with E-state index >= 15 is 0 Å². The molecule has 1 fully saturated rings. The van der Waals surface area contributed by atoms with Gasteiger partial charge in [0.2, 0.25) is 0 Å². The Balaban J connectivity index is 1.60. The highest BCUT2D eigenvalue weighted by Crippen LogP contribution is 2.18. The first-order valence-electron chi connectivity index (χ1n) is 7.93. The van der Waals surface area contributed by atoms with Crippen LogP contribution < -0.4 is 15.4 Å². The third-order valence-corrected chi connectivity index (χ3v) is 4.00. The fraction of sp³-hybridized carbons (Fsp3) is 0.588. The molecule has 0 aliphatic carbocycles. The number of ether oxygens (including phenoxy) is 2. The van der Waals surface area contributed by atoms with Gasteiger partial charge in [0.15, 0.2) is 0 Å². The standard InChI is InChI=1S/C17H26N2O3/c1-13-11-15(8-10-22-13)12-19-17(20)18-9-7-14-3-5-16(21-2)6-4-14/h3-6,13,15H,7-12H2,1-2H3,(H2,18,19,20)/t13-,15-/m0/s1. The highest BCUT2D eigenvalue weighted by Gasteiger charge is 2.19. The van der Waals surface area contributed by atoms with E-state index in [9.17, 15) is 4.79 Å². The molecule has 1 aromatic carbocycles. The Kier molecular flexibility index (Phi) is 6.52. The average molecular weight is 306 g/mol. The van der Waals surface area contributed by atoms with Gasteiger partial charge in [0.1, 0.15) is 5.75 Å². The number of urea groups is 1. The van der Waals surface area contributed by atoms with Crippen molar-refractivity contribution in [3.05, 3.63) is 29.8 Å². The summed E-state index contributed by atoms with van der Waals surface area (Å²) < 4.78 is 10.6. The fourth-order valence-electron chi connectivity index (χ4n) is 2.69. The summed E-state index contributed by atoms with van der Waals surface area (Å²) in [6, 6.07) is 7.81. The van der Waals surface area contributed by atoms with Crippen molar-refractivity contribution in [1.29, 1.82) is 0 Å². The molecule has 2 rings (SSSR count). The lowest BCUT2D eigenvalue weighted by Crippen LogP contribution is -2.40. The molecule has 2 N–H and O–H groups in total. The molecule has 1 aliphatic heterocycles. The molecule has 1 aromatic rings. The minimum absolute atomic E-state index is 0.0901. The second kappa shape index (κ2) is 8.63. The van der Waals surface area contributed by atoms with E-state index in [0.717, 1.165) is 38.2 Å². The molecule has 2 amide bonds. The Morgan fingerprint density at radius 2 is 2.09 bits per heavy atom. The van der Waals surface area contributed by atoms with Crippen molar-refractivity contribution in [2.45, 2.75) is 32.3 Å². The first-order valence-corrected chi connectivity index (χ1v) is 7.93. The number of carbonyl (C=O) groups excluding carboxylic acids is 1. The van der Waals surface area contributed by atoms with E-state index in [1.165, 1.54) is 5.56 Å². The van der Waals surface area contributed by atoms with Gasteiger partial charge in [-0.05, 0) is 49.8 Å². The summed E-state index contributed by atoms with van der Waals surface area (Å²) in [6.45, 7) is 4.23. The van der Waals surface area contributed by atoms with Crippen LogP contribution in [0.5, 0.6) is 5.75 Å². The number of nitrogens with one attached hydrogen (secondary N) is 2. The zero-order chi connectivity index (χ0) is 15.8. The van der Waals surface area contributed by atoms with Crippen LogP contribution in [0.3, 0.4) is 0 Å². The summed E-state index contributed by atoms with van der Waals surface area (Å²) in [5, 5.41) is 5.85. The lowest BCUT2D eigenvalue weighted by Gasteiger charge is -2.27. The number of rotatable bonds is 6. The van der Waals surface area contributed by atoms with Gasteiger partial charge in [-0.2, -0.15) is 0 Å². The van der Waals surface area contributed by atoms with Crippen molar-refractivity contribution in [3.63, 3.8) is 0 Å². The predicted molar refractivity (Wildman–Crippen MR) is 86.2 cm³/mol. The number of hydrogen-bond acceptors (Lipinski definition) is 3. The molecule has 0 bridgehead atoms. The van der Waals surface area contributed by atoms with Gasteiger partial charge < -0.3 is 20.1 Å². The van der Waals surface area contributed by atoms with Crippen LogP contribution in [0.1, 0.15) is 25.3 Å². The summed E-state index contributed by atoms with van der Waals surface area (Å²) >= 11 is 0. The maximum absolute atomic E-state index is 11.8. The van der Waals surface area contributed by atoms with Crippen LogP contribution in [0.2, 0.25) is 0 Å². The summed E-state index contributed by atoms with van der Waals surface area (Å²) in [4.78, 5) is 11.8. The van der Waals surface area contributed by atoms with Crippen LogP contribution in [-0.2, 0) is 11.2 Å². The molecule has 0 unspecified atom stereocenters. The van der Waals surface area contributed by atoms with Gasteiger partial charge in [0, 0.05) is 19.7 Å². The zero-order valence-electron chi connectivity index (χ0n) is 13.4. The van der Waals surface area contributed by atoms with Gasteiger partial charge in [-0.1, -0.05) is 12.1 Å². The number of hydrogen-bond donors (Lipinski definition) is 2. The molecule has 1 heterocycles. The summed E-state index contributed by atoms with van der Waals surface area (Å²) in [5.74, 6) is 1.37. The monoisotopic (exact) mass is 306 g/mol. The van der Waals surface area contributed by atoms with Gasteiger partial charge in [-0.25, -0.2) is 4.79 Å². The Hall–Kier alpha value is -1.75. The molecule has 0 radical (unpaired) electrons. The van der Waals surface area contributed by atoms with E-state index in [2.05, 4.69) is 17.6 Å². The fourth-order valence-corrected chi connectivity index (χ4v) is 2.69. The second-order valence-corrected chi connectivity index (χ2v) is 5.81. The van der Waals surface area contributed by atoms with Crippen LogP contribution in [-0.4, -0.2) is 38.9 Å². The number of methoxy groups -OCH3 is 1. The van der Waals surface area contributed by atoms with Crippen LogP contribution in [0.15, 0.2) is 24.3 Å². The molecule has 2 atom stereocenters. The van der Waals surface area contributed by atoms with Gasteiger partial charge in [0.05, 0.1) is 13.2 Å². The van der Waals surface area contributed by atoms with E-state index in [0.29, 0.717) is 18.6 Å². The van der Waals surface area contributed by atoms with Crippen LogP contribution >= 0.6 is 0 Å². The maximum atomic E-state index is 11.8. The SMILES string of the molecule is COc1ccc(CCNC(=O)NC[C@H]2CCO[C@@H](C)C2)cc1. The Bertz CT molecular complexity index is 461. The molecule has 1 aliphatic rings. The maximum Gasteiger partial charge on any atom is 0.314 e. The summed E-state index contributed by atoms with van der Waals surface area (Å²) in [5.41, 5.74) is 1.18. The first kappa shape index (κ1) is 16.6. The third kappa shape index (κ3) is 5.56. The minimum Gasteiger partial charge on any atom is -0.497 e. The van der Waals surface area contributed by atoms with E-state index in [1.54, 1.807) is 7.11 Å². The van der Waals surface area contributed by atoms with Gasteiger partial charge >= 0.3 is 6.03 Å². The van der Waals surface area contributed by atoms with Crippen molar-refractivity contribution in [3.8, 4) is 5.75 Å². The molecule has 5 nitrogen and oxygen atoms in total.